The molecule has 53 heavy (non-hydrogen) atoms. The lowest BCUT2D eigenvalue weighted by atomic mass is 9.73. The molecule has 3 amide bonds. The van der Waals surface area contributed by atoms with E-state index in [1.165, 1.54) is 17.4 Å². The number of amides is 3. The van der Waals surface area contributed by atoms with Crippen LogP contribution in [0.2, 0.25) is 0 Å². The normalized spacial score (nSPS) is 17.3. The molecule has 270 valence electrons. The number of hydrogen-bond acceptors (Lipinski definition) is 7. The van der Waals surface area contributed by atoms with Crippen LogP contribution in [0.4, 0.5) is 27.3 Å². The van der Waals surface area contributed by atoms with Crippen molar-refractivity contribution in [1.29, 1.82) is 0 Å². The Labute approximate surface area is 311 Å². The molecule has 1 unspecified atom stereocenters. The molecule has 1 spiro atoms. The van der Waals surface area contributed by atoms with Gasteiger partial charge in [-0.3, -0.25) is 14.4 Å². The first-order valence-corrected chi connectivity index (χ1v) is 18.7. The lowest BCUT2D eigenvalue weighted by molar-refractivity contribution is -0.000511. The highest BCUT2D eigenvalue weighted by molar-refractivity contribution is 7.17. The molecular formula is C42H40FN5O4S. The summed E-state index contributed by atoms with van der Waals surface area (Å²) in [7, 11) is 0. The number of thiophene rings is 1. The van der Waals surface area contributed by atoms with E-state index in [0.717, 1.165) is 66.4 Å². The van der Waals surface area contributed by atoms with Crippen molar-refractivity contribution < 1.29 is 23.5 Å². The standard InChI is InChI=1S/C42H40FN5O4S/c1-25-19-32(38(44-21-25)47-23-42(24-47)15-17-52-18-16-42)39(49)45-29-13-11-28(12-14-29)41(51)48-22-27(3)31-20-35(53-37(31)30-8-4-5-10-34(30)48)40(50)46-36-26(2)7-6-9-33(36)43/h4-14,19-21,27H,15-18,22-24H2,1-3H3,(H,45,49)(H,46,50). The van der Waals surface area contributed by atoms with Gasteiger partial charge in [-0.15, -0.1) is 11.3 Å². The highest BCUT2D eigenvalue weighted by atomic mass is 32.1. The van der Waals surface area contributed by atoms with Crippen molar-refractivity contribution in [2.75, 3.05) is 53.3 Å². The highest BCUT2D eigenvalue weighted by Gasteiger charge is 2.45. The van der Waals surface area contributed by atoms with Crippen LogP contribution in [0.3, 0.4) is 0 Å². The van der Waals surface area contributed by atoms with Gasteiger partial charge in [-0.05, 0) is 91.9 Å². The number of carbonyl (C=O) groups is 3. The molecule has 9 nitrogen and oxygen atoms in total. The Kier molecular flexibility index (Phi) is 9.08. The summed E-state index contributed by atoms with van der Waals surface area (Å²) in [5.74, 6) is -0.689. The van der Waals surface area contributed by atoms with Crippen LogP contribution in [0.15, 0.2) is 85.1 Å². The average Bonchev–Trinajstić information content (AvgIpc) is 3.56. The summed E-state index contributed by atoms with van der Waals surface area (Å²) in [6.07, 6.45) is 3.85. The number of carbonyl (C=O) groups excluding carboxylic acids is 3. The van der Waals surface area contributed by atoms with Gasteiger partial charge < -0.3 is 25.2 Å². The first-order valence-electron chi connectivity index (χ1n) is 17.9. The van der Waals surface area contributed by atoms with Crippen LogP contribution >= 0.6 is 11.3 Å². The minimum absolute atomic E-state index is 0.0993. The number of hydrogen-bond donors (Lipinski definition) is 2. The minimum atomic E-state index is -0.483. The van der Waals surface area contributed by atoms with Gasteiger partial charge in [-0.1, -0.05) is 37.3 Å². The van der Waals surface area contributed by atoms with Crippen molar-refractivity contribution in [3.8, 4) is 10.4 Å². The smallest absolute Gasteiger partial charge is 0.265 e. The predicted octanol–water partition coefficient (Wildman–Crippen LogP) is 8.45. The molecule has 3 aliphatic heterocycles. The molecular weight excluding hydrogens is 690 g/mol. The third-order valence-electron chi connectivity index (χ3n) is 10.7. The van der Waals surface area contributed by atoms with Gasteiger partial charge in [0.1, 0.15) is 11.6 Å². The van der Waals surface area contributed by atoms with E-state index >= 15 is 0 Å². The van der Waals surface area contributed by atoms with Crippen LogP contribution in [0.5, 0.6) is 0 Å². The molecule has 0 radical (unpaired) electrons. The number of fused-ring (bicyclic) bond motifs is 3. The zero-order valence-corrected chi connectivity index (χ0v) is 30.7. The van der Waals surface area contributed by atoms with Gasteiger partial charge in [0.15, 0.2) is 0 Å². The van der Waals surface area contributed by atoms with Crippen LogP contribution in [0, 0.1) is 25.1 Å². The lowest BCUT2D eigenvalue weighted by Crippen LogP contribution is -2.59. The Hall–Kier alpha value is -5.39. The molecule has 0 aliphatic carbocycles. The number of benzene rings is 3. The van der Waals surface area contributed by atoms with E-state index in [1.807, 2.05) is 50.2 Å². The molecule has 5 aromatic rings. The van der Waals surface area contributed by atoms with Gasteiger partial charge in [-0.25, -0.2) is 9.37 Å². The molecule has 8 rings (SSSR count). The zero-order valence-electron chi connectivity index (χ0n) is 29.9. The first kappa shape index (κ1) is 34.7. The number of nitrogens with zero attached hydrogens (tertiary/aromatic N) is 3. The van der Waals surface area contributed by atoms with Crippen molar-refractivity contribution in [2.45, 2.75) is 39.5 Å². The van der Waals surface area contributed by atoms with Crippen molar-refractivity contribution in [1.82, 2.24) is 4.98 Å². The van der Waals surface area contributed by atoms with Gasteiger partial charge in [0, 0.05) is 72.1 Å². The number of pyridine rings is 1. The van der Waals surface area contributed by atoms with E-state index in [-0.39, 0.29) is 34.7 Å². The van der Waals surface area contributed by atoms with E-state index in [1.54, 1.807) is 54.4 Å². The number of aryl methyl sites for hydroxylation is 2. The van der Waals surface area contributed by atoms with Gasteiger partial charge >= 0.3 is 0 Å². The average molecular weight is 730 g/mol. The Bertz CT molecular complexity index is 2220. The number of nitrogens with one attached hydrogen (secondary N) is 2. The van der Waals surface area contributed by atoms with Crippen molar-refractivity contribution in [3.05, 3.63) is 124 Å². The third kappa shape index (κ3) is 6.59. The fourth-order valence-electron chi connectivity index (χ4n) is 7.69. The van der Waals surface area contributed by atoms with Crippen LogP contribution in [-0.2, 0) is 4.74 Å². The summed E-state index contributed by atoms with van der Waals surface area (Å²) >= 11 is 1.34. The van der Waals surface area contributed by atoms with Crippen molar-refractivity contribution >= 4 is 51.9 Å². The van der Waals surface area contributed by atoms with Crippen LogP contribution < -0.4 is 20.4 Å². The molecule has 0 bridgehead atoms. The number of para-hydroxylation sites is 2. The second kappa shape index (κ2) is 13.9. The van der Waals surface area contributed by atoms with E-state index in [2.05, 4.69) is 20.5 Å². The molecule has 11 heteroatoms. The van der Waals surface area contributed by atoms with Gasteiger partial charge in [0.2, 0.25) is 0 Å². The Balaban J connectivity index is 0.994. The number of anilines is 4. The molecule has 3 aliphatic rings. The van der Waals surface area contributed by atoms with Gasteiger partial charge in [0.25, 0.3) is 17.7 Å². The quantitative estimate of drug-likeness (QED) is 0.182. The topological polar surface area (TPSA) is 104 Å². The molecule has 5 heterocycles. The minimum Gasteiger partial charge on any atom is -0.381 e. The molecule has 0 saturated carbocycles. The largest absolute Gasteiger partial charge is 0.381 e. The fourth-order valence-corrected chi connectivity index (χ4v) is 8.90. The van der Waals surface area contributed by atoms with Crippen LogP contribution in [0.1, 0.15) is 72.8 Å². The zero-order chi connectivity index (χ0) is 36.9. The maximum absolute atomic E-state index is 14.5. The first-order chi connectivity index (χ1) is 25.6. The number of halogens is 1. The van der Waals surface area contributed by atoms with E-state index in [0.29, 0.717) is 39.6 Å². The number of ether oxygens (including phenoxy) is 1. The molecule has 1 atom stereocenters. The molecule has 3 aromatic carbocycles. The second-order valence-corrected chi connectivity index (χ2v) is 15.6. The summed E-state index contributed by atoms with van der Waals surface area (Å²) in [4.78, 5) is 51.2. The van der Waals surface area contributed by atoms with Crippen LogP contribution in [0.25, 0.3) is 10.4 Å². The summed E-state index contributed by atoms with van der Waals surface area (Å²) in [5, 5.41) is 5.78. The summed E-state index contributed by atoms with van der Waals surface area (Å²) in [6.45, 7) is 9.39. The fraction of sp³-hybridized carbons (Fsp3) is 0.286. The van der Waals surface area contributed by atoms with E-state index in [9.17, 15) is 18.8 Å². The molecule has 2 fully saturated rings. The Morgan fingerprint density at radius 2 is 1.68 bits per heavy atom. The number of aromatic nitrogens is 1. The monoisotopic (exact) mass is 729 g/mol. The lowest BCUT2D eigenvalue weighted by Gasteiger charge is -2.53. The van der Waals surface area contributed by atoms with Gasteiger partial charge in [0.05, 0.1) is 21.8 Å². The molecule has 2 saturated heterocycles. The number of rotatable bonds is 6. The predicted molar refractivity (Wildman–Crippen MR) is 207 cm³/mol. The van der Waals surface area contributed by atoms with Crippen molar-refractivity contribution in [3.63, 3.8) is 0 Å². The van der Waals surface area contributed by atoms with E-state index < -0.39 is 5.82 Å². The Morgan fingerprint density at radius 1 is 0.925 bits per heavy atom. The van der Waals surface area contributed by atoms with Crippen molar-refractivity contribution in [2.24, 2.45) is 5.41 Å². The molecule has 2 N–H and O–H groups in total. The van der Waals surface area contributed by atoms with Crippen LogP contribution in [-0.4, -0.2) is 55.6 Å². The summed E-state index contributed by atoms with van der Waals surface area (Å²) < 4.78 is 20.1. The molecule has 2 aromatic heterocycles. The third-order valence-corrected chi connectivity index (χ3v) is 11.8. The maximum Gasteiger partial charge on any atom is 0.265 e. The highest BCUT2D eigenvalue weighted by Crippen LogP contribution is 2.46. The SMILES string of the molecule is Cc1cnc(N2CC3(CCOCC3)C2)c(C(=O)Nc2ccc(C(=O)N3CC(C)c4cc(C(=O)Nc5c(C)cccc5F)sc4-c4ccccc43)cc2)c1. The van der Waals surface area contributed by atoms with Gasteiger partial charge in [-0.2, -0.15) is 0 Å². The Morgan fingerprint density at radius 3 is 2.43 bits per heavy atom. The summed E-state index contributed by atoms with van der Waals surface area (Å²) in [5.41, 5.74) is 6.08. The van der Waals surface area contributed by atoms with E-state index in [4.69, 9.17) is 4.74 Å². The maximum atomic E-state index is 14.5. The second-order valence-electron chi connectivity index (χ2n) is 14.5. The summed E-state index contributed by atoms with van der Waals surface area (Å²) in [6, 6.07) is 23.1.